The van der Waals surface area contributed by atoms with Crippen LogP contribution in [0.25, 0.3) is 0 Å². The van der Waals surface area contributed by atoms with Crippen molar-refractivity contribution in [3.8, 4) is 5.75 Å². The van der Waals surface area contributed by atoms with E-state index in [0.29, 0.717) is 43.6 Å². The van der Waals surface area contributed by atoms with Crippen molar-refractivity contribution in [3.05, 3.63) is 29.6 Å². The number of amidine groups is 1. The Bertz CT molecular complexity index is 1250. The lowest BCUT2D eigenvalue weighted by Crippen LogP contribution is -2.45. The molecule has 3 aliphatic rings. The van der Waals surface area contributed by atoms with Crippen molar-refractivity contribution in [1.82, 2.24) is 14.9 Å². The smallest absolute Gasteiger partial charge is 0.408 e. The molecule has 0 radical (unpaired) electrons. The Morgan fingerprint density at radius 1 is 1.20 bits per heavy atom. The summed E-state index contributed by atoms with van der Waals surface area (Å²) in [4.78, 5) is 14.7. The average molecular weight is 564 g/mol. The highest BCUT2D eigenvalue weighted by atomic mass is 19.4. The van der Waals surface area contributed by atoms with E-state index in [2.05, 4.69) is 40.0 Å². The second-order valence-electron chi connectivity index (χ2n) is 10.8. The molecule has 1 aromatic carbocycles. The van der Waals surface area contributed by atoms with Gasteiger partial charge >= 0.3 is 6.18 Å². The maximum atomic E-state index is 13.4. The fraction of sp³-hybridized carbons (Fsp3) is 0.593. The molecule has 2 saturated heterocycles. The Kier molecular flexibility index (Phi) is 7.60. The van der Waals surface area contributed by atoms with E-state index in [4.69, 9.17) is 24.6 Å². The number of nitrogens with zero attached hydrogens (tertiary/aromatic N) is 5. The number of likely N-dealkylation sites (tertiary alicyclic amines) is 1. The molecule has 13 heteroatoms. The van der Waals surface area contributed by atoms with Crippen molar-refractivity contribution >= 4 is 29.0 Å². The Morgan fingerprint density at radius 2 is 1.95 bits per heavy atom. The fourth-order valence-electron chi connectivity index (χ4n) is 5.78. The van der Waals surface area contributed by atoms with E-state index < -0.39 is 18.2 Å². The predicted molar refractivity (Wildman–Crippen MR) is 146 cm³/mol. The molecular weight excluding hydrogens is 527 g/mol. The number of methoxy groups -OCH3 is 1. The topological polar surface area (TPSA) is 99.1 Å². The zero-order valence-electron chi connectivity index (χ0n) is 23.3. The van der Waals surface area contributed by atoms with Gasteiger partial charge in [0.1, 0.15) is 23.4 Å². The summed E-state index contributed by atoms with van der Waals surface area (Å²) >= 11 is 0. The van der Waals surface area contributed by atoms with Gasteiger partial charge in [-0.2, -0.15) is 13.2 Å². The molecule has 0 spiro atoms. The number of aromatic nitrogens is 2. The Hall–Kier alpha value is -3.48. The lowest BCUT2D eigenvalue weighted by molar-refractivity contribution is -0.169. The number of morpholine rings is 1. The highest BCUT2D eigenvalue weighted by Gasteiger charge is 2.47. The van der Waals surface area contributed by atoms with Gasteiger partial charge in [-0.3, -0.25) is 5.41 Å². The van der Waals surface area contributed by atoms with Gasteiger partial charge in [0.15, 0.2) is 12.4 Å². The van der Waals surface area contributed by atoms with Crippen LogP contribution in [-0.2, 0) is 21.5 Å². The van der Waals surface area contributed by atoms with Crippen LogP contribution in [-0.4, -0.2) is 86.7 Å². The zero-order valence-corrected chi connectivity index (χ0v) is 23.3. The molecule has 3 aliphatic heterocycles. The number of ether oxygens (including phenoxy) is 3. The number of nitrogens with one attached hydrogen (secondary N) is 2. The summed E-state index contributed by atoms with van der Waals surface area (Å²) in [5.74, 6) is 2.24. The highest BCUT2D eigenvalue weighted by Crippen LogP contribution is 2.48. The fourth-order valence-corrected chi connectivity index (χ4v) is 5.78. The monoisotopic (exact) mass is 563 g/mol. The molecule has 0 amide bonds. The molecule has 1 atom stereocenters. The summed E-state index contributed by atoms with van der Waals surface area (Å²) in [5, 5.41) is 11.3. The summed E-state index contributed by atoms with van der Waals surface area (Å²) in [5.41, 5.74) is 2.50. The Labute approximate surface area is 231 Å². The van der Waals surface area contributed by atoms with Crippen LogP contribution in [0.2, 0.25) is 0 Å². The van der Waals surface area contributed by atoms with Crippen molar-refractivity contribution < 1.29 is 27.4 Å². The summed E-state index contributed by atoms with van der Waals surface area (Å²) in [6, 6.07) is 3.87. The number of fused-ring (bicyclic) bond motifs is 1. The molecule has 40 heavy (non-hydrogen) atoms. The molecule has 10 nitrogen and oxygen atoms in total. The first-order valence-electron chi connectivity index (χ1n) is 13.5. The Balaban J connectivity index is 1.43. The minimum atomic E-state index is -4.42. The number of benzene rings is 1. The van der Waals surface area contributed by atoms with Gasteiger partial charge in [-0.25, -0.2) is 9.97 Å². The number of halogens is 3. The minimum Gasteiger partial charge on any atom is -0.494 e. The maximum absolute atomic E-state index is 13.4. The minimum absolute atomic E-state index is 0.0509. The highest BCUT2D eigenvalue weighted by molar-refractivity contribution is 5.79. The van der Waals surface area contributed by atoms with Crippen molar-refractivity contribution in [2.24, 2.45) is 0 Å². The number of hydrogen-bond donors (Lipinski definition) is 2. The van der Waals surface area contributed by atoms with E-state index >= 15 is 0 Å². The maximum Gasteiger partial charge on any atom is 0.408 e. The third-order valence-electron chi connectivity index (χ3n) is 7.72. The van der Waals surface area contributed by atoms with E-state index in [-0.39, 0.29) is 30.8 Å². The molecule has 2 fully saturated rings. The van der Waals surface area contributed by atoms with Gasteiger partial charge < -0.3 is 34.2 Å². The molecule has 218 valence electrons. The number of alkyl halides is 3. The van der Waals surface area contributed by atoms with E-state index in [0.717, 1.165) is 34.9 Å². The molecule has 4 heterocycles. The second-order valence-corrected chi connectivity index (χ2v) is 10.8. The van der Waals surface area contributed by atoms with Gasteiger partial charge in [0.25, 0.3) is 6.02 Å². The van der Waals surface area contributed by atoms with Crippen LogP contribution in [0.1, 0.15) is 38.1 Å². The van der Waals surface area contributed by atoms with Gasteiger partial charge in [0, 0.05) is 56.0 Å². The first kappa shape index (κ1) is 28.1. The number of hydrogen-bond acceptors (Lipinski definition) is 9. The predicted octanol–water partition coefficient (Wildman–Crippen LogP) is 4.27. The normalized spacial score (nSPS) is 20.5. The molecule has 1 aromatic heterocycles. The standard InChI is InChI=1S/C27H36F3N7O3/c1-26(2)16-37(18-8-7-17(14-19(18)38-4)35-10-12-39-13-11-35)24-22(26)23(32-3)33-21(34-24)15-40-25(31)36-9-5-6-20(36)27(28,29)30/h7-8,14,20,31H,5-6,9-13,15-16H2,1-4H3,(H,32,33,34). The lowest BCUT2D eigenvalue weighted by atomic mass is 9.88. The zero-order chi connectivity index (χ0) is 28.7. The SMILES string of the molecule is CNc1nc(COC(=N)N2CCCC2C(F)(F)F)nc2c1C(C)(C)CN2c1ccc(N2CCOCC2)cc1OC. The van der Waals surface area contributed by atoms with Crippen molar-refractivity contribution in [2.75, 3.05) is 68.7 Å². The van der Waals surface area contributed by atoms with Crippen LogP contribution in [0.4, 0.5) is 36.2 Å². The third kappa shape index (κ3) is 5.30. The van der Waals surface area contributed by atoms with Crippen molar-refractivity contribution in [3.63, 3.8) is 0 Å². The quantitative estimate of drug-likeness (QED) is 0.394. The average Bonchev–Trinajstić information content (AvgIpc) is 3.55. The van der Waals surface area contributed by atoms with Gasteiger partial charge in [0.2, 0.25) is 0 Å². The molecule has 0 saturated carbocycles. The van der Waals surface area contributed by atoms with Crippen molar-refractivity contribution in [1.29, 1.82) is 5.41 Å². The number of anilines is 4. The van der Waals surface area contributed by atoms with Crippen molar-refractivity contribution in [2.45, 2.75) is 50.9 Å². The van der Waals surface area contributed by atoms with E-state index in [1.807, 2.05) is 12.1 Å². The molecular formula is C27H36F3N7O3. The molecule has 1 unspecified atom stereocenters. The first-order valence-corrected chi connectivity index (χ1v) is 13.5. The molecule has 0 aliphatic carbocycles. The van der Waals surface area contributed by atoms with Gasteiger partial charge in [-0.15, -0.1) is 0 Å². The van der Waals surface area contributed by atoms with E-state index in [9.17, 15) is 13.2 Å². The summed E-state index contributed by atoms with van der Waals surface area (Å²) in [6.45, 7) is 7.70. The van der Waals surface area contributed by atoms with E-state index in [1.54, 1.807) is 14.2 Å². The van der Waals surface area contributed by atoms with Crippen LogP contribution in [0, 0.1) is 5.41 Å². The number of rotatable bonds is 6. The first-order chi connectivity index (χ1) is 19.0. The lowest BCUT2D eigenvalue weighted by Gasteiger charge is -2.30. The molecule has 0 bridgehead atoms. The van der Waals surface area contributed by atoms with Crippen LogP contribution < -0.4 is 19.9 Å². The Morgan fingerprint density at radius 3 is 2.62 bits per heavy atom. The van der Waals surface area contributed by atoms with Crippen LogP contribution >= 0.6 is 0 Å². The van der Waals surface area contributed by atoms with Crippen LogP contribution in [0.5, 0.6) is 5.75 Å². The molecule has 2 N–H and O–H groups in total. The van der Waals surface area contributed by atoms with Gasteiger partial charge in [-0.1, -0.05) is 13.8 Å². The third-order valence-corrected chi connectivity index (χ3v) is 7.72. The van der Waals surface area contributed by atoms with Gasteiger partial charge in [-0.05, 0) is 25.0 Å². The second kappa shape index (κ2) is 10.8. The van der Waals surface area contributed by atoms with Crippen LogP contribution in [0.3, 0.4) is 0 Å². The molecule has 5 rings (SSSR count). The van der Waals surface area contributed by atoms with Gasteiger partial charge in [0.05, 0.1) is 26.0 Å². The van der Waals surface area contributed by atoms with Crippen LogP contribution in [0.15, 0.2) is 18.2 Å². The summed E-state index contributed by atoms with van der Waals surface area (Å²) in [7, 11) is 3.41. The van der Waals surface area contributed by atoms with E-state index in [1.165, 1.54) is 0 Å². The largest absolute Gasteiger partial charge is 0.494 e. The summed E-state index contributed by atoms with van der Waals surface area (Å²) < 4.78 is 57.0. The molecule has 2 aromatic rings. The summed E-state index contributed by atoms with van der Waals surface area (Å²) in [6.07, 6.45) is -4.12.